The van der Waals surface area contributed by atoms with E-state index < -0.39 is 7.82 Å². The largest absolute Gasteiger partial charge is 2.00 e. The number of hydrogen-bond donors (Lipinski definition) is 0. The van der Waals surface area contributed by atoms with Gasteiger partial charge in [0.05, 0.1) is 13.2 Å². The van der Waals surface area contributed by atoms with Crippen LogP contribution in [0.2, 0.25) is 0 Å². The first-order valence-corrected chi connectivity index (χ1v) is 7.18. The average Bonchev–Trinajstić information content (AvgIpc) is 2.20. The second kappa shape index (κ2) is 12.1. The molecule has 0 N–H and O–H groups in total. The van der Waals surface area contributed by atoms with Gasteiger partial charge in [-0.3, -0.25) is 4.57 Å². The summed E-state index contributed by atoms with van der Waals surface area (Å²) in [5, 5.41) is 0. The molecule has 4 nitrogen and oxygen atoms in total. The predicted molar refractivity (Wildman–Crippen MR) is 58.6 cm³/mol. The molecule has 0 spiro atoms. The first-order chi connectivity index (χ1) is 7.12. The number of unbranched alkanes of at least 4 members (excludes halogenated alkanes) is 4. The Balaban J connectivity index is 0. The van der Waals surface area contributed by atoms with Crippen LogP contribution in [0.25, 0.3) is 0 Å². The van der Waals surface area contributed by atoms with Gasteiger partial charge in [0.2, 0.25) is 0 Å². The molecule has 0 aromatic carbocycles. The molecular weight excluding hydrogens is 267 g/mol. The first-order valence-electron chi connectivity index (χ1n) is 5.72. The van der Waals surface area contributed by atoms with Crippen LogP contribution in [0.5, 0.6) is 0 Å². The van der Waals surface area contributed by atoms with Gasteiger partial charge in [0.1, 0.15) is 0 Å². The Morgan fingerprint density at radius 3 is 1.62 bits per heavy atom. The maximum absolute atomic E-state index is 11.1. The molecule has 6 heteroatoms. The van der Waals surface area contributed by atoms with Crippen molar-refractivity contribution >= 4 is 7.82 Å². The summed E-state index contributed by atoms with van der Waals surface area (Å²) in [5.41, 5.74) is 0. The van der Waals surface area contributed by atoms with Crippen LogP contribution in [0, 0.1) is 0 Å². The van der Waals surface area contributed by atoms with E-state index in [1.807, 2.05) is 0 Å². The van der Waals surface area contributed by atoms with Gasteiger partial charge in [-0.15, -0.1) is 0 Å². The molecular formula is C10H22CrO4P+. The molecule has 0 saturated heterocycles. The number of phosphoric ester groups is 1. The van der Waals surface area contributed by atoms with Gasteiger partial charge in [0.25, 0.3) is 7.82 Å². The Labute approximate surface area is 109 Å². The smallest absolute Gasteiger partial charge is 0.756 e. The molecule has 0 bridgehead atoms. The van der Waals surface area contributed by atoms with Crippen molar-refractivity contribution in [2.45, 2.75) is 52.4 Å². The minimum atomic E-state index is -4.02. The fourth-order valence-corrected chi connectivity index (χ4v) is 1.87. The monoisotopic (exact) mass is 289 g/mol. The zero-order chi connectivity index (χ0) is 11.6. The van der Waals surface area contributed by atoms with E-state index in [-0.39, 0.29) is 30.6 Å². The van der Waals surface area contributed by atoms with Crippen LogP contribution < -0.4 is 4.89 Å². The molecule has 0 aliphatic rings. The molecule has 0 radical (unpaired) electrons. The minimum absolute atomic E-state index is 0. The summed E-state index contributed by atoms with van der Waals surface area (Å²) in [6.45, 7) is 4.58. The summed E-state index contributed by atoms with van der Waals surface area (Å²) >= 11 is 0. The normalized spacial score (nSPS) is 11.2. The van der Waals surface area contributed by atoms with E-state index in [2.05, 4.69) is 22.9 Å². The van der Waals surface area contributed by atoms with Crippen LogP contribution in [0.3, 0.4) is 0 Å². The third-order valence-electron chi connectivity index (χ3n) is 1.99. The first kappa shape index (κ1) is 19.0. The van der Waals surface area contributed by atoms with Crippen LogP contribution >= 0.6 is 7.82 Å². The quantitative estimate of drug-likeness (QED) is 0.458. The Morgan fingerprint density at radius 1 is 0.938 bits per heavy atom. The van der Waals surface area contributed by atoms with Crippen molar-refractivity contribution in [3.63, 3.8) is 0 Å². The van der Waals surface area contributed by atoms with Crippen molar-refractivity contribution in [3.8, 4) is 0 Å². The zero-order valence-corrected chi connectivity index (χ0v) is 12.3. The molecule has 0 aliphatic heterocycles. The molecule has 0 unspecified atom stereocenters. The summed E-state index contributed by atoms with van der Waals surface area (Å²) in [5.74, 6) is 0. The molecule has 0 heterocycles. The molecule has 96 valence electrons. The van der Waals surface area contributed by atoms with Crippen molar-refractivity contribution in [2.24, 2.45) is 0 Å². The van der Waals surface area contributed by atoms with Gasteiger partial charge >= 0.3 is 17.4 Å². The van der Waals surface area contributed by atoms with E-state index in [0.717, 1.165) is 38.5 Å². The Bertz CT molecular complexity index is 174. The van der Waals surface area contributed by atoms with Crippen LogP contribution in [-0.2, 0) is 31.0 Å². The molecule has 0 aromatic rings. The minimum Gasteiger partial charge on any atom is -0.756 e. The van der Waals surface area contributed by atoms with Crippen molar-refractivity contribution < 1.29 is 35.9 Å². The van der Waals surface area contributed by atoms with Crippen LogP contribution in [0.1, 0.15) is 52.4 Å². The summed E-state index contributed by atoms with van der Waals surface area (Å²) in [6, 6.07) is 0. The SMILES string of the molecule is CCCCCOP(=O)([O-])OCCCCC.[Cr+2]. The molecule has 0 aliphatic carbocycles. The number of hydrogen-bond acceptors (Lipinski definition) is 4. The maximum Gasteiger partial charge on any atom is 2.00 e. The maximum atomic E-state index is 11.1. The van der Waals surface area contributed by atoms with E-state index in [1.54, 1.807) is 0 Å². The van der Waals surface area contributed by atoms with Gasteiger partial charge < -0.3 is 13.9 Å². The Morgan fingerprint density at radius 2 is 1.31 bits per heavy atom. The van der Waals surface area contributed by atoms with Gasteiger partial charge in [0, 0.05) is 0 Å². The molecule has 0 saturated carbocycles. The van der Waals surface area contributed by atoms with Crippen molar-refractivity contribution in [3.05, 3.63) is 0 Å². The second-order valence-electron chi connectivity index (χ2n) is 3.53. The van der Waals surface area contributed by atoms with Crippen molar-refractivity contribution in [1.82, 2.24) is 0 Å². The second-order valence-corrected chi connectivity index (χ2v) is 4.94. The molecule has 0 aromatic heterocycles. The van der Waals surface area contributed by atoms with Gasteiger partial charge in [-0.05, 0) is 12.8 Å². The molecule has 0 atom stereocenters. The topological polar surface area (TPSA) is 58.6 Å². The van der Waals surface area contributed by atoms with Gasteiger partial charge in [-0.25, -0.2) is 0 Å². The molecule has 0 fully saturated rings. The zero-order valence-electron chi connectivity index (χ0n) is 10.1. The standard InChI is InChI=1S/C10H23O4P.Cr/c1-3-5-7-9-13-15(11,12)14-10-8-6-4-2;/h3-10H2,1-2H3,(H,11,12);/q;+2/p-1. The summed E-state index contributed by atoms with van der Waals surface area (Å²) < 4.78 is 20.5. The molecule has 0 amide bonds. The third kappa shape index (κ3) is 12.7. The Kier molecular flexibility index (Phi) is 14.4. The number of phosphoric acid groups is 1. The van der Waals surface area contributed by atoms with Crippen LogP contribution in [0.15, 0.2) is 0 Å². The average molecular weight is 289 g/mol. The predicted octanol–water partition coefficient (Wildman–Crippen LogP) is 2.87. The van der Waals surface area contributed by atoms with Gasteiger partial charge in [-0.2, -0.15) is 0 Å². The van der Waals surface area contributed by atoms with Gasteiger partial charge in [-0.1, -0.05) is 39.5 Å². The van der Waals surface area contributed by atoms with E-state index in [4.69, 9.17) is 0 Å². The van der Waals surface area contributed by atoms with Crippen LogP contribution in [0.4, 0.5) is 0 Å². The Hall–Kier alpha value is 0.642. The fraction of sp³-hybridized carbons (Fsp3) is 1.00. The molecule has 0 rings (SSSR count). The fourth-order valence-electron chi connectivity index (χ4n) is 1.09. The van der Waals surface area contributed by atoms with Crippen molar-refractivity contribution in [2.75, 3.05) is 13.2 Å². The van der Waals surface area contributed by atoms with E-state index in [0.29, 0.717) is 0 Å². The number of rotatable bonds is 10. The summed E-state index contributed by atoms with van der Waals surface area (Å²) in [4.78, 5) is 11.1. The third-order valence-corrected chi connectivity index (χ3v) is 2.99. The van der Waals surface area contributed by atoms with Crippen molar-refractivity contribution in [1.29, 1.82) is 0 Å². The molecule has 16 heavy (non-hydrogen) atoms. The van der Waals surface area contributed by atoms with Gasteiger partial charge in [0.15, 0.2) is 0 Å². The van der Waals surface area contributed by atoms with E-state index in [9.17, 15) is 9.46 Å². The summed E-state index contributed by atoms with van der Waals surface area (Å²) in [7, 11) is -4.02. The van der Waals surface area contributed by atoms with E-state index in [1.165, 1.54) is 0 Å². The van der Waals surface area contributed by atoms with Crippen LogP contribution in [-0.4, -0.2) is 13.2 Å². The summed E-state index contributed by atoms with van der Waals surface area (Å²) in [6.07, 6.45) is 5.58. The van der Waals surface area contributed by atoms with E-state index >= 15 is 0 Å².